The van der Waals surface area contributed by atoms with Gasteiger partial charge in [-0.25, -0.2) is 4.79 Å². The first-order valence-corrected chi connectivity index (χ1v) is 8.21. The Morgan fingerprint density at radius 2 is 1.87 bits per heavy atom. The molecule has 0 amide bonds. The number of carbonyl (C=O) groups excluding carboxylic acids is 1. The van der Waals surface area contributed by atoms with Crippen molar-refractivity contribution in [1.82, 2.24) is 0 Å². The summed E-state index contributed by atoms with van der Waals surface area (Å²) in [5.41, 5.74) is 0. The third-order valence-corrected chi connectivity index (χ3v) is 3.24. The number of carboxylic acid groups (broad SMARTS) is 1. The average molecular weight is 330 g/mol. The normalized spacial score (nSPS) is 14.7. The topological polar surface area (TPSA) is 83.8 Å². The van der Waals surface area contributed by atoms with Crippen LogP contribution in [-0.4, -0.2) is 66.5 Å². The van der Waals surface area contributed by atoms with Crippen LogP contribution in [0.2, 0.25) is 0 Å². The Morgan fingerprint density at radius 3 is 2.39 bits per heavy atom. The number of aliphatic carboxylic acids is 1. The maximum atomic E-state index is 11.8. The van der Waals surface area contributed by atoms with Gasteiger partial charge in [-0.05, 0) is 12.8 Å². The third-order valence-electron chi connectivity index (χ3n) is 3.24. The Labute approximate surface area is 139 Å². The lowest BCUT2D eigenvalue weighted by molar-refractivity contribution is -0.873. The molecule has 0 aromatic carbocycles. The third kappa shape index (κ3) is 14.0. The zero-order valence-corrected chi connectivity index (χ0v) is 14.8. The van der Waals surface area contributed by atoms with Gasteiger partial charge in [0.25, 0.3) is 0 Å². The summed E-state index contributed by atoms with van der Waals surface area (Å²) < 4.78 is 5.72. The largest absolute Gasteiger partial charge is 0.481 e. The van der Waals surface area contributed by atoms with Crippen molar-refractivity contribution in [3.05, 3.63) is 12.2 Å². The molecule has 0 saturated heterocycles. The predicted molar refractivity (Wildman–Crippen MR) is 88.9 cm³/mol. The number of hydrogen-bond acceptors (Lipinski definition) is 4. The smallest absolute Gasteiger partial charge is 0.330 e. The van der Waals surface area contributed by atoms with Gasteiger partial charge in [-0.3, -0.25) is 4.79 Å². The molecule has 0 rings (SSSR count). The molecule has 134 valence electrons. The van der Waals surface area contributed by atoms with Crippen LogP contribution in [-0.2, 0) is 14.3 Å². The molecule has 6 heteroatoms. The molecule has 0 fully saturated rings. The predicted octanol–water partition coefficient (Wildman–Crippen LogP) is 1.97. The summed E-state index contributed by atoms with van der Waals surface area (Å²) in [6, 6.07) is 0. The van der Waals surface area contributed by atoms with E-state index in [1.165, 1.54) is 6.08 Å². The SMILES string of the molecule is CCCCCC(O)C/C=C/C(=O)OC(CC(=O)O)C[N+](C)(C)C. The van der Waals surface area contributed by atoms with E-state index in [-0.39, 0.29) is 6.42 Å². The molecule has 2 atom stereocenters. The maximum absolute atomic E-state index is 11.8. The summed E-state index contributed by atoms with van der Waals surface area (Å²) in [7, 11) is 5.72. The van der Waals surface area contributed by atoms with Crippen molar-refractivity contribution in [2.75, 3.05) is 27.7 Å². The number of aliphatic hydroxyl groups is 1. The van der Waals surface area contributed by atoms with E-state index in [9.17, 15) is 14.7 Å². The highest BCUT2D eigenvalue weighted by atomic mass is 16.5. The molecule has 2 N–H and O–H groups in total. The van der Waals surface area contributed by atoms with Crippen molar-refractivity contribution < 1.29 is 29.0 Å². The zero-order chi connectivity index (χ0) is 17.9. The number of hydrogen-bond donors (Lipinski definition) is 2. The fourth-order valence-electron chi connectivity index (χ4n) is 2.22. The number of carbonyl (C=O) groups is 2. The number of esters is 1. The highest BCUT2D eigenvalue weighted by Crippen LogP contribution is 2.08. The summed E-state index contributed by atoms with van der Waals surface area (Å²) >= 11 is 0. The quantitative estimate of drug-likeness (QED) is 0.247. The van der Waals surface area contributed by atoms with Crippen LogP contribution in [0.5, 0.6) is 0 Å². The summed E-state index contributed by atoms with van der Waals surface area (Å²) in [4.78, 5) is 22.6. The van der Waals surface area contributed by atoms with Crippen LogP contribution in [0.4, 0.5) is 0 Å². The molecule has 0 spiro atoms. The Bertz CT molecular complexity index is 387. The minimum absolute atomic E-state index is 0.214. The van der Waals surface area contributed by atoms with Crippen molar-refractivity contribution in [2.24, 2.45) is 0 Å². The summed E-state index contributed by atoms with van der Waals surface area (Å²) in [5, 5.41) is 18.7. The van der Waals surface area contributed by atoms with Crippen LogP contribution >= 0.6 is 0 Å². The van der Waals surface area contributed by atoms with Gasteiger partial charge >= 0.3 is 11.9 Å². The molecular formula is C17H32NO5+. The van der Waals surface area contributed by atoms with Gasteiger partial charge in [-0.1, -0.05) is 32.3 Å². The van der Waals surface area contributed by atoms with Crippen molar-refractivity contribution >= 4 is 11.9 Å². The summed E-state index contributed by atoms with van der Waals surface area (Å²) in [5.74, 6) is -1.56. The number of likely N-dealkylation sites (N-methyl/N-ethyl adjacent to an activating group) is 1. The van der Waals surface area contributed by atoms with E-state index in [1.807, 2.05) is 21.1 Å². The summed E-state index contributed by atoms with van der Waals surface area (Å²) in [6.45, 7) is 2.53. The minimum atomic E-state index is -0.994. The van der Waals surface area contributed by atoms with E-state index in [2.05, 4.69) is 6.92 Å². The Kier molecular flexibility index (Phi) is 10.5. The van der Waals surface area contributed by atoms with Crippen molar-refractivity contribution in [3.8, 4) is 0 Å². The molecule has 0 radical (unpaired) electrons. The van der Waals surface area contributed by atoms with Gasteiger partial charge < -0.3 is 19.4 Å². The number of rotatable bonds is 12. The second-order valence-corrected chi connectivity index (χ2v) is 6.92. The van der Waals surface area contributed by atoms with E-state index in [1.54, 1.807) is 6.08 Å². The van der Waals surface area contributed by atoms with Gasteiger partial charge in [0, 0.05) is 6.08 Å². The monoisotopic (exact) mass is 330 g/mol. The second-order valence-electron chi connectivity index (χ2n) is 6.92. The molecule has 0 aliphatic heterocycles. The van der Waals surface area contributed by atoms with E-state index < -0.39 is 24.1 Å². The molecule has 0 aromatic heterocycles. The lowest BCUT2D eigenvalue weighted by Crippen LogP contribution is -2.43. The van der Waals surface area contributed by atoms with Crippen molar-refractivity contribution in [1.29, 1.82) is 0 Å². The first-order valence-electron chi connectivity index (χ1n) is 8.21. The van der Waals surface area contributed by atoms with Gasteiger partial charge in [-0.15, -0.1) is 0 Å². The highest BCUT2D eigenvalue weighted by Gasteiger charge is 2.24. The molecule has 0 aliphatic rings. The van der Waals surface area contributed by atoms with Crippen LogP contribution in [0.1, 0.15) is 45.4 Å². The van der Waals surface area contributed by atoms with Crippen LogP contribution in [0, 0.1) is 0 Å². The molecule has 0 heterocycles. The Morgan fingerprint density at radius 1 is 1.22 bits per heavy atom. The Hall–Kier alpha value is -1.40. The van der Waals surface area contributed by atoms with E-state index in [0.29, 0.717) is 17.4 Å². The number of carboxylic acids is 1. The fourth-order valence-corrected chi connectivity index (χ4v) is 2.22. The van der Waals surface area contributed by atoms with E-state index >= 15 is 0 Å². The van der Waals surface area contributed by atoms with E-state index in [0.717, 1.165) is 25.7 Å². The lowest BCUT2D eigenvalue weighted by atomic mass is 10.1. The maximum Gasteiger partial charge on any atom is 0.330 e. The van der Waals surface area contributed by atoms with Crippen LogP contribution in [0.25, 0.3) is 0 Å². The molecular weight excluding hydrogens is 298 g/mol. The van der Waals surface area contributed by atoms with Gasteiger partial charge in [0.1, 0.15) is 6.54 Å². The molecule has 2 unspecified atom stereocenters. The molecule has 0 aromatic rings. The standard InChI is InChI=1S/C17H31NO5/c1-5-6-7-9-14(19)10-8-11-17(22)23-15(12-16(20)21)13-18(2,3)4/h8,11,14-15,19H,5-7,9-10,12-13H2,1-4H3/p+1/b11-8+. The highest BCUT2D eigenvalue weighted by molar-refractivity contribution is 5.82. The molecule has 6 nitrogen and oxygen atoms in total. The molecule has 0 aliphatic carbocycles. The molecule has 23 heavy (non-hydrogen) atoms. The second kappa shape index (κ2) is 11.2. The van der Waals surface area contributed by atoms with Crippen LogP contribution < -0.4 is 0 Å². The fraction of sp³-hybridized carbons (Fsp3) is 0.765. The van der Waals surface area contributed by atoms with Gasteiger partial charge in [-0.2, -0.15) is 0 Å². The average Bonchev–Trinajstić information content (AvgIpc) is 2.35. The Balaban J connectivity index is 4.29. The zero-order valence-electron chi connectivity index (χ0n) is 14.8. The van der Waals surface area contributed by atoms with Crippen LogP contribution in [0.3, 0.4) is 0 Å². The lowest BCUT2D eigenvalue weighted by Gasteiger charge is -2.28. The number of unbranched alkanes of at least 4 members (excludes halogenated alkanes) is 2. The molecule has 0 bridgehead atoms. The van der Waals surface area contributed by atoms with E-state index in [4.69, 9.17) is 9.84 Å². The first kappa shape index (κ1) is 21.6. The molecule has 0 saturated carbocycles. The minimum Gasteiger partial charge on any atom is -0.481 e. The van der Waals surface area contributed by atoms with Crippen molar-refractivity contribution in [2.45, 2.75) is 57.7 Å². The number of quaternary nitrogens is 1. The van der Waals surface area contributed by atoms with Gasteiger partial charge in [0.05, 0.1) is 33.7 Å². The van der Waals surface area contributed by atoms with Crippen molar-refractivity contribution in [3.63, 3.8) is 0 Å². The summed E-state index contributed by atoms with van der Waals surface area (Å²) in [6.07, 6.45) is 5.81. The van der Waals surface area contributed by atoms with Gasteiger partial charge in [0.15, 0.2) is 6.10 Å². The number of nitrogens with zero attached hydrogens (tertiary/aromatic N) is 1. The van der Waals surface area contributed by atoms with Crippen LogP contribution in [0.15, 0.2) is 12.2 Å². The number of ether oxygens (including phenoxy) is 1. The number of aliphatic hydroxyl groups excluding tert-OH is 1. The first-order chi connectivity index (χ1) is 10.6. The van der Waals surface area contributed by atoms with Gasteiger partial charge in [0.2, 0.25) is 0 Å².